The van der Waals surface area contributed by atoms with Crippen molar-refractivity contribution >= 4 is 0 Å². The second-order valence-corrected chi connectivity index (χ2v) is 15.6. The first kappa shape index (κ1) is 29.1. The third kappa shape index (κ3) is 5.11. The van der Waals surface area contributed by atoms with Crippen molar-refractivity contribution in [2.24, 2.45) is 47.3 Å². The molecule has 0 aromatic rings. The summed E-state index contributed by atoms with van der Waals surface area (Å²) >= 11 is 0. The maximum atomic E-state index is 7.00. The number of aliphatic hydroxyl groups excluding tert-OH is 1. The molecule has 0 spiro atoms. The van der Waals surface area contributed by atoms with Crippen molar-refractivity contribution in [3.63, 3.8) is 0 Å². The first-order valence-corrected chi connectivity index (χ1v) is 18.3. The van der Waals surface area contributed by atoms with Crippen molar-refractivity contribution < 1.29 is 5.11 Å². The molecule has 9 nitrogen and oxygen atoms in total. The largest absolute Gasteiger partial charge is 0.400 e. The molecule has 4 saturated carbocycles. The molecule has 9 N–H and O–H groups in total. The average molecular weight is 585 g/mol. The molecule has 9 rings (SSSR count). The first-order chi connectivity index (χ1) is 20.8. The van der Waals surface area contributed by atoms with E-state index in [0.717, 1.165) is 54.5 Å². The number of fused-ring (bicyclic) bond motifs is 20. The second-order valence-electron chi connectivity index (χ2n) is 15.6. The summed E-state index contributed by atoms with van der Waals surface area (Å²) in [5.41, 5.74) is 0. The van der Waals surface area contributed by atoms with Gasteiger partial charge in [0.15, 0.2) is 0 Å². The Bertz CT molecular complexity index is 716. The summed E-state index contributed by atoms with van der Waals surface area (Å²) < 4.78 is 0. The van der Waals surface area contributed by atoms with Crippen LogP contribution in [0.1, 0.15) is 103 Å². The number of rotatable bonds is 0. The third-order valence-corrected chi connectivity index (χ3v) is 13.8. The van der Waals surface area contributed by atoms with E-state index in [2.05, 4.69) is 42.5 Å². The van der Waals surface area contributed by atoms with E-state index in [0.29, 0.717) is 49.3 Å². The fourth-order valence-electron chi connectivity index (χ4n) is 12.0. The van der Waals surface area contributed by atoms with Crippen LogP contribution >= 0.6 is 0 Å². The van der Waals surface area contributed by atoms with E-state index >= 15 is 0 Å². The quantitative estimate of drug-likeness (QED) is 0.211. The highest BCUT2D eigenvalue weighted by Gasteiger charge is 2.54. The second kappa shape index (κ2) is 12.4. The van der Waals surface area contributed by atoms with Gasteiger partial charge in [0.05, 0.1) is 49.3 Å². The smallest absolute Gasteiger partial charge is 0.0628 e. The van der Waals surface area contributed by atoms with Gasteiger partial charge >= 0.3 is 0 Å². The molecule has 5 aliphatic heterocycles. The molecule has 9 heteroatoms. The normalized spacial score (nSPS) is 55.0. The van der Waals surface area contributed by atoms with Crippen LogP contribution in [-0.2, 0) is 0 Å². The van der Waals surface area contributed by atoms with Crippen LogP contribution in [0.5, 0.6) is 0 Å². The Morgan fingerprint density at radius 2 is 0.381 bits per heavy atom. The lowest BCUT2D eigenvalue weighted by atomic mass is 9.76. The average Bonchev–Trinajstić information content (AvgIpc) is 3.78. The molecule has 0 aromatic carbocycles. The van der Waals surface area contributed by atoms with Crippen LogP contribution in [0.25, 0.3) is 0 Å². The molecule has 8 bridgehead atoms. The van der Waals surface area contributed by atoms with Gasteiger partial charge in [-0.05, 0) is 98.7 Å². The van der Waals surface area contributed by atoms with Gasteiger partial charge in [0.25, 0.3) is 0 Å². The van der Waals surface area contributed by atoms with E-state index in [4.69, 9.17) is 5.11 Å². The van der Waals surface area contributed by atoms with Gasteiger partial charge in [-0.1, -0.05) is 51.4 Å². The molecular weight excluding hydrogens is 524 g/mol. The summed E-state index contributed by atoms with van der Waals surface area (Å²) in [6.45, 7) is 0. The van der Waals surface area contributed by atoms with Gasteiger partial charge in [-0.3, -0.25) is 42.5 Å². The van der Waals surface area contributed by atoms with Crippen LogP contribution in [0.4, 0.5) is 0 Å². The van der Waals surface area contributed by atoms with Crippen LogP contribution in [0, 0.1) is 47.3 Å². The lowest BCUT2D eigenvalue weighted by molar-refractivity contribution is 0.167. The minimum absolute atomic E-state index is 0.420. The summed E-state index contributed by atoms with van der Waals surface area (Å²) in [6.07, 6.45) is 25.6. The van der Waals surface area contributed by atoms with Crippen molar-refractivity contribution in [3.8, 4) is 0 Å². The molecule has 4 aliphatic carbocycles. The fourth-order valence-corrected chi connectivity index (χ4v) is 12.0. The Balaban J connectivity index is 0.00000131. The van der Waals surface area contributed by atoms with E-state index in [1.807, 2.05) is 0 Å². The lowest BCUT2D eigenvalue weighted by Crippen LogP contribution is -2.61. The number of hydrogen-bond donors (Lipinski definition) is 9. The molecule has 42 heavy (non-hydrogen) atoms. The third-order valence-electron chi connectivity index (χ3n) is 13.8. The molecule has 5 saturated heterocycles. The Labute approximate surface area is 254 Å². The molecular formula is C33H60N8O. The van der Waals surface area contributed by atoms with Gasteiger partial charge in [0.1, 0.15) is 0 Å². The SMILES string of the molecule is C1CCC2C3NC(NC4NC(NC5NC(NC6NC(N3)C3CCCCC63)C3CCCCC53)C3CCCCC43)C2C1.CO. The van der Waals surface area contributed by atoms with Gasteiger partial charge in [0.2, 0.25) is 0 Å². The van der Waals surface area contributed by atoms with Crippen molar-refractivity contribution in [2.75, 3.05) is 7.11 Å². The Morgan fingerprint density at radius 1 is 0.262 bits per heavy atom. The minimum Gasteiger partial charge on any atom is -0.400 e. The summed E-state index contributed by atoms with van der Waals surface area (Å²) in [5.74, 6) is 5.97. The molecule has 0 radical (unpaired) electrons. The van der Waals surface area contributed by atoms with Crippen molar-refractivity contribution in [2.45, 2.75) is 152 Å². The summed E-state index contributed by atoms with van der Waals surface area (Å²) in [4.78, 5) is 0. The zero-order valence-corrected chi connectivity index (χ0v) is 26.0. The van der Waals surface area contributed by atoms with Crippen LogP contribution in [0.3, 0.4) is 0 Å². The fraction of sp³-hybridized carbons (Fsp3) is 1.00. The number of aliphatic hydroxyl groups is 1. The number of hydrogen-bond acceptors (Lipinski definition) is 9. The number of nitrogens with one attached hydrogen (secondary N) is 8. The topological polar surface area (TPSA) is 116 Å². The Morgan fingerprint density at radius 3 is 0.500 bits per heavy atom. The van der Waals surface area contributed by atoms with Crippen molar-refractivity contribution in [1.82, 2.24) is 42.5 Å². The summed E-state index contributed by atoms with van der Waals surface area (Å²) in [5, 5.41) is 40.8. The van der Waals surface area contributed by atoms with Gasteiger partial charge in [-0.15, -0.1) is 0 Å². The molecule has 9 aliphatic rings. The van der Waals surface area contributed by atoms with E-state index in [1.165, 1.54) is 103 Å². The monoisotopic (exact) mass is 584 g/mol. The van der Waals surface area contributed by atoms with E-state index in [1.54, 1.807) is 0 Å². The maximum absolute atomic E-state index is 7.00. The van der Waals surface area contributed by atoms with Gasteiger partial charge in [-0.2, -0.15) is 0 Å². The highest BCUT2D eigenvalue weighted by atomic mass is 16.2. The molecule has 8 atom stereocenters. The zero-order chi connectivity index (χ0) is 28.2. The highest BCUT2D eigenvalue weighted by Crippen LogP contribution is 2.45. The van der Waals surface area contributed by atoms with Crippen LogP contribution in [-0.4, -0.2) is 61.5 Å². The van der Waals surface area contributed by atoms with Crippen molar-refractivity contribution in [1.29, 1.82) is 0 Å². The highest BCUT2D eigenvalue weighted by molar-refractivity contribution is 5.08. The van der Waals surface area contributed by atoms with Gasteiger partial charge < -0.3 is 5.11 Å². The molecule has 5 heterocycles. The Kier molecular flexibility index (Phi) is 8.61. The zero-order valence-electron chi connectivity index (χ0n) is 26.0. The lowest BCUT2D eigenvalue weighted by Gasteiger charge is -2.35. The van der Waals surface area contributed by atoms with E-state index in [-0.39, 0.29) is 0 Å². The van der Waals surface area contributed by atoms with Crippen LogP contribution < -0.4 is 42.5 Å². The van der Waals surface area contributed by atoms with Crippen molar-refractivity contribution in [3.05, 3.63) is 0 Å². The van der Waals surface area contributed by atoms with Gasteiger partial charge in [-0.25, -0.2) is 0 Å². The maximum Gasteiger partial charge on any atom is 0.0628 e. The first-order valence-electron chi connectivity index (χ1n) is 18.3. The molecule has 0 amide bonds. The van der Waals surface area contributed by atoms with Crippen LogP contribution in [0.15, 0.2) is 0 Å². The van der Waals surface area contributed by atoms with E-state index < -0.39 is 0 Å². The molecule has 8 unspecified atom stereocenters. The molecule has 0 aromatic heterocycles. The van der Waals surface area contributed by atoms with E-state index in [9.17, 15) is 0 Å². The molecule has 9 fully saturated rings. The summed E-state index contributed by atoms with van der Waals surface area (Å²) in [7, 11) is 1.00. The van der Waals surface area contributed by atoms with Crippen LogP contribution in [0.2, 0.25) is 0 Å². The minimum atomic E-state index is 0.420. The predicted molar refractivity (Wildman–Crippen MR) is 165 cm³/mol. The molecule has 238 valence electrons. The van der Waals surface area contributed by atoms with Gasteiger partial charge in [0, 0.05) is 7.11 Å². The summed E-state index contributed by atoms with van der Waals surface area (Å²) in [6, 6.07) is 0. The standard InChI is InChI=1S/C32H56N8.CH4O/c1-2-10-18-17(9-1)25-33-26(18)38-28-21-13-5-6-14-22(21)30(35-28)40-32-24-16-8-7-15-23(24)31(36-32)39-29-20-12-4-3-11-19(20)27(34-29)37-25;1-2/h17-40H,1-16H2;2H,1H3. The Hall–Kier alpha value is -0.360. The predicted octanol–water partition coefficient (Wildman–Crippen LogP) is 2.21.